The van der Waals surface area contributed by atoms with Crippen LogP contribution in [0, 0.1) is 0 Å². The molecule has 0 saturated carbocycles. The van der Waals surface area contributed by atoms with Crippen molar-refractivity contribution in [3.05, 3.63) is 160 Å². The van der Waals surface area contributed by atoms with Crippen molar-refractivity contribution in [2.45, 2.75) is 34.1 Å². The minimum Gasteiger partial charge on any atom is -0.322 e. The van der Waals surface area contributed by atoms with Crippen molar-refractivity contribution < 1.29 is 38.4 Å². The summed E-state index contributed by atoms with van der Waals surface area (Å²) in [7, 11) is 3.13. The molecule has 3 N–H and O–H groups in total. The summed E-state index contributed by atoms with van der Waals surface area (Å²) in [5, 5.41) is 16.3. The normalized spacial score (nSPS) is 10.4. The lowest BCUT2D eigenvalue weighted by atomic mass is 10.0. The first-order chi connectivity index (χ1) is 28.5. The third-order valence-electron chi connectivity index (χ3n) is 9.08. The first-order valence-electron chi connectivity index (χ1n) is 18.5. The molecular formula is C45H41N7O8. The van der Waals surface area contributed by atoms with Crippen LogP contribution in [0.15, 0.2) is 109 Å². The third kappa shape index (κ3) is 10.9. The van der Waals surface area contributed by atoms with E-state index in [9.17, 15) is 38.4 Å². The smallest absolute Gasteiger partial charge is 0.274 e. The number of rotatable bonds is 13. The molecule has 6 rings (SSSR count). The number of aromatic nitrogens is 4. The Morgan fingerprint density at radius 2 is 0.950 bits per heavy atom. The minimum absolute atomic E-state index is 0.0588. The Morgan fingerprint density at radius 1 is 0.517 bits per heavy atom. The van der Waals surface area contributed by atoms with Gasteiger partial charge in [0.25, 0.3) is 17.7 Å². The van der Waals surface area contributed by atoms with E-state index in [0.29, 0.717) is 44.9 Å². The second kappa shape index (κ2) is 19.0. The fourth-order valence-corrected chi connectivity index (χ4v) is 5.90. The second-order valence-electron chi connectivity index (χ2n) is 13.7. The number of nitrogens with one attached hydrogen (secondary N) is 3. The molecule has 0 atom stereocenters. The number of Topliss-reactive ketones (excluding diaryl/α,β-unsaturated/α-hetero) is 5. The highest BCUT2D eigenvalue weighted by Crippen LogP contribution is 2.19. The van der Waals surface area contributed by atoms with Crippen molar-refractivity contribution >= 4 is 63.7 Å². The van der Waals surface area contributed by atoms with Gasteiger partial charge in [0.2, 0.25) is 0 Å². The summed E-state index contributed by atoms with van der Waals surface area (Å²) in [6.45, 7) is 5.79. The summed E-state index contributed by atoms with van der Waals surface area (Å²) in [4.78, 5) is 96.9. The highest BCUT2D eigenvalue weighted by atomic mass is 16.2. The van der Waals surface area contributed by atoms with E-state index in [2.05, 4.69) is 26.1 Å². The third-order valence-corrected chi connectivity index (χ3v) is 9.08. The number of benzene rings is 4. The molecule has 60 heavy (non-hydrogen) atoms. The van der Waals surface area contributed by atoms with Crippen LogP contribution in [0.1, 0.15) is 117 Å². The van der Waals surface area contributed by atoms with E-state index in [4.69, 9.17) is 0 Å². The molecule has 0 saturated heterocycles. The zero-order valence-electron chi connectivity index (χ0n) is 33.7. The molecule has 6 aromatic rings. The molecule has 2 heterocycles. The van der Waals surface area contributed by atoms with Gasteiger partial charge in [0.15, 0.2) is 28.9 Å². The van der Waals surface area contributed by atoms with Crippen LogP contribution in [0.2, 0.25) is 0 Å². The van der Waals surface area contributed by atoms with Gasteiger partial charge in [-0.25, -0.2) is 0 Å². The van der Waals surface area contributed by atoms with Crippen molar-refractivity contribution in [2.24, 2.45) is 14.1 Å². The molecule has 0 aliphatic rings. The van der Waals surface area contributed by atoms with Gasteiger partial charge in [-0.2, -0.15) is 10.2 Å². The van der Waals surface area contributed by atoms with Gasteiger partial charge >= 0.3 is 0 Å². The van der Waals surface area contributed by atoms with E-state index in [1.54, 1.807) is 111 Å². The van der Waals surface area contributed by atoms with Gasteiger partial charge in [0, 0.05) is 65.9 Å². The number of carbonyl (C=O) groups excluding carboxylic acids is 8. The summed E-state index contributed by atoms with van der Waals surface area (Å²) < 4.78 is 2.63. The number of aryl methyl sites for hydroxylation is 2. The lowest BCUT2D eigenvalue weighted by Gasteiger charge is -2.10. The fraction of sp³-hybridized carbons (Fsp3) is 0.156. The van der Waals surface area contributed by atoms with Crippen molar-refractivity contribution in [1.82, 2.24) is 19.6 Å². The van der Waals surface area contributed by atoms with E-state index < -0.39 is 17.7 Å². The van der Waals surface area contributed by atoms with Crippen LogP contribution in [-0.4, -0.2) is 66.2 Å². The highest BCUT2D eigenvalue weighted by molar-refractivity contribution is 6.15. The van der Waals surface area contributed by atoms with Crippen LogP contribution >= 0.6 is 0 Å². The van der Waals surface area contributed by atoms with Crippen LogP contribution < -0.4 is 16.0 Å². The molecule has 0 aliphatic carbocycles. The van der Waals surface area contributed by atoms with E-state index >= 15 is 0 Å². The van der Waals surface area contributed by atoms with Crippen LogP contribution in [0.5, 0.6) is 0 Å². The van der Waals surface area contributed by atoms with Crippen molar-refractivity contribution in [3.8, 4) is 0 Å². The van der Waals surface area contributed by atoms with Crippen molar-refractivity contribution in [3.63, 3.8) is 0 Å². The molecule has 0 spiro atoms. The van der Waals surface area contributed by atoms with E-state index in [1.165, 1.54) is 49.3 Å². The maximum Gasteiger partial charge on any atom is 0.274 e. The molecule has 3 amide bonds. The molecule has 2 aromatic heterocycles. The summed E-state index contributed by atoms with van der Waals surface area (Å²) in [6.07, 6.45) is 1.37. The predicted octanol–water partition coefficient (Wildman–Crippen LogP) is 6.83. The lowest BCUT2D eigenvalue weighted by molar-refractivity contribution is 0.0981. The molecule has 15 heteroatoms. The number of anilines is 3. The number of hydrogen-bond donors (Lipinski definition) is 3. The number of amides is 3. The summed E-state index contributed by atoms with van der Waals surface area (Å²) in [5.41, 5.74) is 4.48. The standard InChI is InChI=1S/C23H21N3O4.C22H20N4O4/c1-14(27)17-7-4-6-16(10-17)11-22(29)20-13-21(26(3)25-20)23(30)24-19-9-5-8-18(12-19)15(2)28;1-13(27)15-6-4-8-17(10-15)24-21(29)19-12-23-26(3)20(19)22(30)25-18-9-5-7-16(11-18)14(2)28/h4-10,12-13H,11H2,1-3H3,(H,24,30);4-12H,1-3H3,(H,24,29)(H,25,30). The van der Waals surface area contributed by atoms with Gasteiger partial charge < -0.3 is 16.0 Å². The SMILES string of the molecule is CC(=O)c1cccc(CC(=O)c2cc(C(=O)Nc3cccc(C(C)=O)c3)n(C)n2)c1.CC(=O)c1cccc(NC(=O)c2cnn(C)c2C(=O)Nc2cccc(C(C)=O)c2)c1. The van der Waals surface area contributed by atoms with Gasteiger partial charge in [-0.1, -0.05) is 54.6 Å². The average molecular weight is 808 g/mol. The topological polar surface area (TPSA) is 208 Å². The molecule has 0 radical (unpaired) electrons. The fourth-order valence-electron chi connectivity index (χ4n) is 5.90. The quantitative estimate of drug-likeness (QED) is 0.104. The Balaban J connectivity index is 0.000000228. The van der Waals surface area contributed by atoms with Gasteiger partial charge in [-0.05, 0) is 75.7 Å². The Morgan fingerprint density at radius 3 is 1.43 bits per heavy atom. The number of nitrogens with zero attached hydrogens (tertiary/aromatic N) is 4. The molecular weight excluding hydrogens is 767 g/mol. The van der Waals surface area contributed by atoms with E-state index in [1.807, 2.05) is 0 Å². The van der Waals surface area contributed by atoms with Crippen LogP contribution in [0.3, 0.4) is 0 Å². The maximum atomic E-state index is 12.8. The van der Waals surface area contributed by atoms with Gasteiger partial charge in [0.05, 0.1) is 11.8 Å². The van der Waals surface area contributed by atoms with Crippen LogP contribution in [-0.2, 0) is 20.5 Å². The minimum atomic E-state index is -0.543. The van der Waals surface area contributed by atoms with Crippen LogP contribution in [0.4, 0.5) is 17.1 Å². The maximum absolute atomic E-state index is 12.8. The zero-order valence-corrected chi connectivity index (χ0v) is 33.7. The number of hydrogen-bond acceptors (Lipinski definition) is 10. The lowest BCUT2D eigenvalue weighted by Crippen LogP contribution is -2.22. The Kier molecular flexibility index (Phi) is 13.7. The molecule has 4 aromatic carbocycles. The highest BCUT2D eigenvalue weighted by Gasteiger charge is 2.23. The molecule has 0 aliphatic heterocycles. The Hall–Kier alpha value is -7.94. The largest absolute Gasteiger partial charge is 0.322 e. The van der Waals surface area contributed by atoms with Crippen LogP contribution in [0.25, 0.3) is 0 Å². The van der Waals surface area contributed by atoms with Gasteiger partial charge in [0.1, 0.15) is 17.1 Å². The molecule has 0 bridgehead atoms. The Bertz CT molecular complexity index is 2690. The molecule has 0 unspecified atom stereocenters. The Labute approximate surface area is 344 Å². The zero-order chi connectivity index (χ0) is 43.7. The monoisotopic (exact) mass is 807 g/mol. The number of ketones is 5. The average Bonchev–Trinajstić information content (AvgIpc) is 3.81. The summed E-state index contributed by atoms with van der Waals surface area (Å²) in [6, 6.07) is 27.9. The first-order valence-corrected chi connectivity index (χ1v) is 18.5. The predicted molar refractivity (Wildman–Crippen MR) is 224 cm³/mol. The van der Waals surface area contributed by atoms with Crippen molar-refractivity contribution in [2.75, 3.05) is 16.0 Å². The van der Waals surface area contributed by atoms with Gasteiger partial charge in [-0.3, -0.25) is 47.7 Å². The van der Waals surface area contributed by atoms with Crippen molar-refractivity contribution in [1.29, 1.82) is 0 Å². The first kappa shape index (κ1) is 43.2. The molecule has 0 fully saturated rings. The van der Waals surface area contributed by atoms with Gasteiger partial charge in [-0.15, -0.1) is 0 Å². The summed E-state index contributed by atoms with van der Waals surface area (Å²) in [5.74, 6) is -2.21. The van der Waals surface area contributed by atoms with E-state index in [-0.39, 0.29) is 58.0 Å². The second-order valence-corrected chi connectivity index (χ2v) is 13.7. The van der Waals surface area contributed by atoms with E-state index in [0.717, 1.165) is 0 Å². The number of carbonyl (C=O) groups is 8. The molecule has 15 nitrogen and oxygen atoms in total. The molecule has 304 valence electrons. The summed E-state index contributed by atoms with van der Waals surface area (Å²) >= 11 is 0.